The molecule has 1 N–H and O–H groups in total. The van der Waals surface area contributed by atoms with Gasteiger partial charge >= 0.3 is 0 Å². The zero-order valence-electron chi connectivity index (χ0n) is 9.67. The highest BCUT2D eigenvalue weighted by Crippen LogP contribution is 2.55. The van der Waals surface area contributed by atoms with Crippen molar-refractivity contribution in [2.75, 3.05) is 6.54 Å². The third-order valence-corrected chi connectivity index (χ3v) is 5.19. The smallest absolute Gasteiger partial charge is 0.127 e. The van der Waals surface area contributed by atoms with E-state index in [9.17, 15) is 0 Å². The van der Waals surface area contributed by atoms with Crippen LogP contribution in [0, 0.1) is 11.8 Å². The van der Waals surface area contributed by atoms with Crippen molar-refractivity contribution in [3.8, 4) is 0 Å². The number of hydrogen-bond acceptors (Lipinski definition) is 2. The van der Waals surface area contributed by atoms with Crippen LogP contribution in [0.2, 0.25) is 0 Å². The minimum absolute atomic E-state index is 0.220. The maximum Gasteiger partial charge on any atom is 0.127 e. The molecule has 2 nitrogen and oxygen atoms in total. The zero-order chi connectivity index (χ0) is 10.6. The summed E-state index contributed by atoms with van der Waals surface area (Å²) < 4.78 is 5.84. The third kappa shape index (κ3) is 1.01. The molecule has 3 unspecified atom stereocenters. The van der Waals surface area contributed by atoms with Crippen LogP contribution in [0.5, 0.6) is 0 Å². The highest BCUT2D eigenvalue weighted by molar-refractivity contribution is 5.31. The lowest BCUT2D eigenvalue weighted by molar-refractivity contribution is 0.179. The summed E-state index contributed by atoms with van der Waals surface area (Å²) in [7, 11) is 0. The van der Waals surface area contributed by atoms with Gasteiger partial charge in [-0.25, -0.2) is 0 Å². The Morgan fingerprint density at radius 2 is 2.31 bits per heavy atom. The van der Waals surface area contributed by atoms with Gasteiger partial charge in [-0.2, -0.15) is 0 Å². The minimum Gasteiger partial charge on any atom is -0.467 e. The lowest BCUT2D eigenvalue weighted by atomic mass is 9.78. The Balaban J connectivity index is 1.83. The van der Waals surface area contributed by atoms with E-state index in [1.165, 1.54) is 43.4 Å². The van der Waals surface area contributed by atoms with Gasteiger partial charge in [0.2, 0.25) is 0 Å². The second-order valence-corrected chi connectivity index (χ2v) is 5.76. The molecule has 3 atom stereocenters. The van der Waals surface area contributed by atoms with E-state index >= 15 is 0 Å². The van der Waals surface area contributed by atoms with Gasteiger partial charge in [0.1, 0.15) is 5.76 Å². The van der Waals surface area contributed by atoms with Crippen molar-refractivity contribution in [3.05, 3.63) is 23.7 Å². The van der Waals surface area contributed by atoms with Crippen LogP contribution < -0.4 is 5.32 Å². The van der Waals surface area contributed by atoms with Gasteiger partial charge in [0.05, 0.1) is 11.8 Å². The van der Waals surface area contributed by atoms with Crippen LogP contribution in [-0.4, -0.2) is 6.54 Å². The van der Waals surface area contributed by atoms with Crippen LogP contribution in [-0.2, 0) is 12.0 Å². The van der Waals surface area contributed by atoms with Crippen LogP contribution in [0.25, 0.3) is 0 Å². The van der Waals surface area contributed by atoms with Crippen molar-refractivity contribution in [2.24, 2.45) is 11.8 Å². The molecule has 1 aliphatic heterocycles. The first-order chi connectivity index (χ1) is 7.90. The summed E-state index contributed by atoms with van der Waals surface area (Å²) in [5, 5.41) is 3.81. The molecule has 0 amide bonds. The Morgan fingerprint density at radius 3 is 3.31 bits per heavy atom. The molecule has 2 heteroatoms. The topological polar surface area (TPSA) is 25.2 Å². The lowest BCUT2D eigenvalue weighted by Gasteiger charge is -2.38. The molecule has 0 aromatic carbocycles. The van der Waals surface area contributed by atoms with Crippen molar-refractivity contribution >= 4 is 0 Å². The number of fused-ring (bicyclic) bond motifs is 4. The predicted molar refractivity (Wildman–Crippen MR) is 62.2 cm³/mol. The van der Waals surface area contributed by atoms with E-state index in [0.29, 0.717) is 0 Å². The van der Waals surface area contributed by atoms with Gasteiger partial charge in [-0.1, -0.05) is 12.8 Å². The van der Waals surface area contributed by atoms with Gasteiger partial charge in [0.15, 0.2) is 0 Å². The van der Waals surface area contributed by atoms with Crippen molar-refractivity contribution < 1.29 is 4.42 Å². The first kappa shape index (κ1) is 9.29. The summed E-state index contributed by atoms with van der Waals surface area (Å²) >= 11 is 0. The molecule has 16 heavy (non-hydrogen) atoms. The van der Waals surface area contributed by atoms with Crippen molar-refractivity contribution in [1.29, 1.82) is 0 Å². The molecule has 2 aliphatic carbocycles. The summed E-state index contributed by atoms with van der Waals surface area (Å²) in [6.07, 6.45) is 10.0. The van der Waals surface area contributed by atoms with E-state index in [-0.39, 0.29) is 5.54 Å². The molecule has 0 saturated heterocycles. The van der Waals surface area contributed by atoms with Gasteiger partial charge in [0.25, 0.3) is 0 Å². The quantitative estimate of drug-likeness (QED) is 0.723. The summed E-state index contributed by atoms with van der Waals surface area (Å²) in [6.45, 7) is 1.13. The fraction of sp³-hybridized carbons (Fsp3) is 0.714. The summed E-state index contributed by atoms with van der Waals surface area (Å²) in [5.41, 5.74) is 1.68. The third-order valence-electron chi connectivity index (χ3n) is 5.19. The van der Waals surface area contributed by atoms with Gasteiger partial charge in [-0.3, -0.25) is 0 Å². The molecule has 1 spiro atoms. The van der Waals surface area contributed by atoms with E-state index < -0.39 is 0 Å². The normalized spacial score (nSPS) is 41.2. The summed E-state index contributed by atoms with van der Waals surface area (Å²) in [6, 6.07) is 2.18. The number of rotatable bonds is 0. The van der Waals surface area contributed by atoms with Crippen molar-refractivity contribution in [2.45, 2.75) is 44.1 Å². The largest absolute Gasteiger partial charge is 0.467 e. The molecule has 2 fully saturated rings. The standard InChI is InChI=1S/C14H19NO/c1-2-10-4-7-14(12(10)3-1)13-11(5-8-15-14)6-9-16-13/h6,9-10,12,15H,1-5,7-8H2. The molecular formula is C14H19NO. The molecule has 1 aromatic rings. The van der Waals surface area contributed by atoms with E-state index in [1.807, 2.05) is 6.26 Å². The molecule has 86 valence electrons. The fourth-order valence-electron chi connectivity index (χ4n) is 4.56. The van der Waals surface area contributed by atoms with Crippen LogP contribution >= 0.6 is 0 Å². The van der Waals surface area contributed by atoms with Gasteiger partial charge in [0, 0.05) is 6.54 Å². The number of hydrogen-bond donors (Lipinski definition) is 1. The minimum atomic E-state index is 0.220. The van der Waals surface area contributed by atoms with Crippen molar-refractivity contribution in [3.63, 3.8) is 0 Å². The summed E-state index contributed by atoms with van der Waals surface area (Å²) in [5.74, 6) is 3.09. The SMILES string of the molecule is c1cc2c(o1)C1(CCC3CCCC31)NCC2. The van der Waals surface area contributed by atoms with Gasteiger partial charge < -0.3 is 9.73 Å². The Bertz CT molecular complexity index is 411. The summed E-state index contributed by atoms with van der Waals surface area (Å²) in [4.78, 5) is 0. The second-order valence-electron chi connectivity index (χ2n) is 5.76. The van der Waals surface area contributed by atoms with Gasteiger partial charge in [-0.05, 0) is 49.1 Å². The number of nitrogens with one attached hydrogen (secondary N) is 1. The molecule has 4 rings (SSSR count). The molecule has 2 saturated carbocycles. The Morgan fingerprint density at radius 1 is 1.31 bits per heavy atom. The Kier molecular flexibility index (Phi) is 1.82. The molecule has 0 radical (unpaired) electrons. The predicted octanol–water partition coefficient (Wildman–Crippen LogP) is 2.83. The lowest BCUT2D eigenvalue weighted by Crippen LogP contribution is -2.49. The molecule has 2 heterocycles. The highest BCUT2D eigenvalue weighted by Gasteiger charge is 2.54. The maximum atomic E-state index is 5.84. The zero-order valence-corrected chi connectivity index (χ0v) is 9.67. The van der Waals surface area contributed by atoms with Crippen LogP contribution in [0.15, 0.2) is 16.7 Å². The van der Waals surface area contributed by atoms with E-state index in [4.69, 9.17) is 4.42 Å². The average Bonchev–Trinajstić information content (AvgIpc) is 2.97. The van der Waals surface area contributed by atoms with Crippen LogP contribution in [0.4, 0.5) is 0 Å². The second kappa shape index (κ2) is 3.13. The molecule has 1 aromatic heterocycles. The first-order valence-electron chi connectivity index (χ1n) is 6.72. The monoisotopic (exact) mass is 217 g/mol. The Labute approximate surface area is 96.4 Å². The van der Waals surface area contributed by atoms with Crippen LogP contribution in [0.3, 0.4) is 0 Å². The van der Waals surface area contributed by atoms with Crippen LogP contribution in [0.1, 0.15) is 43.4 Å². The number of furan rings is 1. The van der Waals surface area contributed by atoms with E-state index in [2.05, 4.69) is 11.4 Å². The first-order valence-corrected chi connectivity index (χ1v) is 6.72. The molecule has 3 aliphatic rings. The fourth-order valence-corrected chi connectivity index (χ4v) is 4.56. The highest BCUT2D eigenvalue weighted by atomic mass is 16.3. The Hall–Kier alpha value is -0.760. The molecular weight excluding hydrogens is 198 g/mol. The maximum absolute atomic E-state index is 5.84. The average molecular weight is 217 g/mol. The van der Waals surface area contributed by atoms with E-state index in [0.717, 1.165) is 24.8 Å². The van der Waals surface area contributed by atoms with Gasteiger partial charge in [-0.15, -0.1) is 0 Å². The van der Waals surface area contributed by atoms with Crippen molar-refractivity contribution in [1.82, 2.24) is 5.32 Å². The van der Waals surface area contributed by atoms with E-state index in [1.54, 1.807) is 0 Å². The molecule has 0 bridgehead atoms.